The molecule has 2 rings (SSSR count). The quantitative estimate of drug-likeness (QED) is 0.659. The molecule has 0 aliphatic carbocycles. The van der Waals surface area contributed by atoms with Crippen molar-refractivity contribution in [2.75, 3.05) is 0 Å². The summed E-state index contributed by atoms with van der Waals surface area (Å²) in [6, 6.07) is 7.60. The van der Waals surface area contributed by atoms with E-state index in [0.717, 1.165) is 15.0 Å². The summed E-state index contributed by atoms with van der Waals surface area (Å²) in [5, 5.41) is 0. The van der Waals surface area contributed by atoms with Crippen molar-refractivity contribution in [3.05, 3.63) is 34.9 Å². The molecule has 0 saturated heterocycles. The van der Waals surface area contributed by atoms with Crippen molar-refractivity contribution < 1.29 is 4.42 Å². The van der Waals surface area contributed by atoms with E-state index in [1.54, 1.807) is 6.26 Å². The van der Waals surface area contributed by atoms with E-state index in [1.165, 1.54) is 11.3 Å². The molecule has 0 aromatic carbocycles. The summed E-state index contributed by atoms with van der Waals surface area (Å²) in [7, 11) is 0. The van der Waals surface area contributed by atoms with Gasteiger partial charge in [-0.05, 0) is 24.3 Å². The topological polar surface area (TPSA) is 13.1 Å². The Morgan fingerprint density at radius 3 is 2.73 bits per heavy atom. The van der Waals surface area contributed by atoms with Gasteiger partial charge in [0.2, 0.25) is 0 Å². The minimum atomic E-state index is 0.788. The van der Waals surface area contributed by atoms with Gasteiger partial charge >= 0.3 is 0 Å². The molecule has 2 heterocycles. The summed E-state index contributed by atoms with van der Waals surface area (Å²) in [6.07, 6.45) is 1.66. The van der Waals surface area contributed by atoms with Crippen molar-refractivity contribution in [1.82, 2.24) is 0 Å². The molecule has 56 valence electrons. The zero-order valence-electron chi connectivity index (χ0n) is 5.58. The molecule has 2 aromatic rings. The molecule has 1 nitrogen and oxygen atoms in total. The van der Waals surface area contributed by atoms with Crippen LogP contribution in [0.3, 0.4) is 0 Å². The van der Waals surface area contributed by atoms with Crippen LogP contribution in [0.2, 0.25) is 4.34 Å². The Morgan fingerprint density at radius 2 is 2.18 bits per heavy atom. The summed E-state index contributed by atoms with van der Waals surface area (Å²) >= 11 is 7.27. The predicted molar refractivity (Wildman–Crippen MR) is 47.0 cm³/mol. The van der Waals surface area contributed by atoms with Gasteiger partial charge in [0.1, 0.15) is 5.76 Å². The van der Waals surface area contributed by atoms with Gasteiger partial charge in [-0.3, -0.25) is 0 Å². The summed E-state index contributed by atoms with van der Waals surface area (Å²) in [4.78, 5) is 1.07. The molecule has 0 aliphatic rings. The molecule has 0 spiro atoms. The minimum Gasteiger partial charge on any atom is -0.464 e. The van der Waals surface area contributed by atoms with Crippen LogP contribution < -0.4 is 0 Å². The summed E-state index contributed by atoms with van der Waals surface area (Å²) in [5.41, 5.74) is 0. The Bertz CT molecular complexity index is 337. The second-order valence-electron chi connectivity index (χ2n) is 2.08. The highest BCUT2D eigenvalue weighted by molar-refractivity contribution is 7.19. The lowest BCUT2D eigenvalue weighted by molar-refractivity contribution is 0.584. The van der Waals surface area contributed by atoms with Gasteiger partial charge in [0, 0.05) is 0 Å². The molecule has 0 amide bonds. The minimum absolute atomic E-state index is 0.788. The predicted octanol–water partition coefficient (Wildman–Crippen LogP) is 3.66. The van der Waals surface area contributed by atoms with E-state index in [2.05, 4.69) is 0 Å². The number of hydrogen-bond acceptors (Lipinski definition) is 2. The lowest BCUT2D eigenvalue weighted by Gasteiger charge is -1.85. The molecular formula is C8H5ClOS. The van der Waals surface area contributed by atoms with Crippen LogP contribution in [0.5, 0.6) is 0 Å². The van der Waals surface area contributed by atoms with E-state index >= 15 is 0 Å². The number of furan rings is 1. The Morgan fingerprint density at radius 1 is 1.27 bits per heavy atom. The number of halogens is 1. The summed E-state index contributed by atoms with van der Waals surface area (Å²) < 4.78 is 5.97. The zero-order chi connectivity index (χ0) is 7.68. The van der Waals surface area contributed by atoms with E-state index in [4.69, 9.17) is 16.0 Å². The van der Waals surface area contributed by atoms with E-state index in [9.17, 15) is 0 Å². The van der Waals surface area contributed by atoms with Gasteiger partial charge in [-0.2, -0.15) is 0 Å². The third-order valence-corrected chi connectivity index (χ3v) is 2.58. The second kappa shape index (κ2) is 2.72. The molecule has 0 atom stereocenters. The van der Waals surface area contributed by atoms with Crippen LogP contribution in [0.25, 0.3) is 10.6 Å². The maximum Gasteiger partial charge on any atom is 0.143 e. The first-order valence-electron chi connectivity index (χ1n) is 3.15. The van der Waals surface area contributed by atoms with Gasteiger partial charge in [0.05, 0.1) is 15.5 Å². The molecule has 3 heteroatoms. The van der Waals surface area contributed by atoms with Gasteiger partial charge in [-0.25, -0.2) is 0 Å². The average molecular weight is 185 g/mol. The van der Waals surface area contributed by atoms with E-state index < -0.39 is 0 Å². The van der Waals surface area contributed by atoms with E-state index in [0.29, 0.717) is 0 Å². The first-order chi connectivity index (χ1) is 5.36. The van der Waals surface area contributed by atoms with Crippen molar-refractivity contribution >= 4 is 22.9 Å². The van der Waals surface area contributed by atoms with Crippen molar-refractivity contribution in [3.8, 4) is 10.6 Å². The smallest absolute Gasteiger partial charge is 0.143 e. The van der Waals surface area contributed by atoms with Crippen LogP contribution in [-0.2, 0) is 0 Å². The lowest BCUT2D eigenvalue weighted by atomic mass is 10.4. The third-order valence-electron chi connectivity index (χ3n) is 1.34. The van der Waals surface area contributed by atoms with Crippen LogP contribution in [0.1, 0.15) is 0 Å². The fraction of sp³-hybridized carbons (Fsp3) is 0. The van der Waals surface area contributed by atoms with Crippen LogP contribution in [0.15, 0.2) is 34.9 Å². The van der Waals surface area contributed by atoms with Crippen molar-refractivity contribution in [3.63, 3.8) is 0 Å². The van der Waals surface area contributed by atoms with Crippen molar-refractivity contribution in [1.29, 1.82) is 0 Å². The lowest BCUT2D eigenvalue weighted by Crippen LogP contribution is -1.58. The number of hydrogen-bond donors (Lipinski definition) is 0. The molecule has 0 N–H and O–H groups in total. The van der Waals surface area contributed by atoms with Gasteiger partial charge in [0.25, 0.3) is 0 Å². The van der Waals surface area contributed by atoms with Crippen LogP contribution in [-0.4, -0.2) is 0 Å². The first kappa shape index (κ1) is 6.95. The Balaban J connectivity index is 2.45. The highest BCUT2D eigenvalue weighted by Gasteiger charge is 2.02. The fourth-order valence-electron chi connectivity index (χ4n) is 0.865. The Hall–Kier alpha value is -0.730. The second-order valence-corrected chi connectivity index (χ2v) is 3.80. The van der Waals surface area contributed by atoms with E-state index in [1.807, 2.05) is 24.3 Å². The molecule has 0 fully saturated rings. The fourth-order valence-corrected chi connectivity index (χ4v) is 1.88. The van der Waals surface area contributed by atoms with Crippen LogP contribution in [0, 0.1) is 0 Å². The third kappa shape index (κ3) is 1.32. The standard InChI is InChI=1S/C8H5ClOS/c9-8-4-3-7(11-8)6-2-1-5-10-6/h1-5H. The van der Waals surface area contributed by atoms with Gasteiger partial charge in [0.15, 0.2) is 0 Å². The Labute approximate surface area is 73.2 Å². The Kier molecular flexibility index (Phi) is 1.72. The van der Waals surface area contributed by atoms with Crippen molar-refractivity contribution in [2.45, 2.75) is 0 Å². The summed E-state index contributed by atoms with van der Waals surface area (Å²) in [6.45, 7) is 0. The first-order valence-corrected chi connectivity index (χ1v) is 4.35. The SMILES string of the molecule is Clc1ccc(-c2ccco2)s1. The molecule has 0 radical (unpaired) electrons. The maximum atomic E-state index is 5.75. The number of rotatable bonds is 1. The van der Waals surface area contributed by atoms with E-state index in [-0.39, 0.29) is 0 Å². The largest absolute Gasteiger partial charge is 0.464 e. The molecule has 0 bridgehead atoms. The van der Waals surface area contributed by atoms with Gasteiger partial charge < -0.3 is 4.42 Å². The highest BCUT2D eigenvalue weighted by Crippen LogP contribution is 2.30. The highest BCUT2D eigenvalue weighted by atomic mass is 35.5. The molecule has 0 aliphatic heterocycles. The van der Waals surface area contributed by atoms with Gasteiger partial charge in [-0.15, -0.1) is 11.3 Å². The summed E-state index contributed by atoms with van der Waals surface area (Å²) in [5.74, 6) is 0.877. The number of thiophene rings is 1. The zero-order valence-corrected chi connectivity index (χ0v) is 7.15. The van der Waals surface area contributed by atoms with Gasteiger partial charge in [-0.1, -0.05) is 11.6 Å². The molecule has 2 aromatic heterocycles. The molecule has 0 saturated carbocycles. The molecular weight excluding hydrogens is 180 g/mol. The van der Waals surface area contributed by atoms with Crippen LogP contribution in [0.4, 0.5) is 0 Å². The normalized spacial score (nSPS) is 10.3. The van der Waals surface area contributed by atoms with Crippen LogP contribution >= 0.6 is 22.9 Å². The van der Waals surface area contributed by atoms with Crippen molar-refractivity contribution in [2.24, 2.45) is 0 Å². The maximum absolute atomic E-state index is 5.75. The molecule has 0 unspecified atom stereocenters. The average Bonchev–Trinajstić information content (AvgIpc) is 2.55. The monoisotopic (exact) mass is 184 g/mol. The molecule has 11 heavy (non-hydrogen) atoms.